The number of carbonyl (C=O) groups is 1. The van der Waals surface area contributed by atoms with Gasteiger partial charge in [-0.1, -0.05) is 78.6 Å². The molecule has 0 radical (unpaired) electrons. The van der Waals surface area contributed by atoms with Crippen molar-refractivity contribution in [1.29, 1.82) is 0 Å². The molecule has 0 fully saturated rings. The predicted molar refractivity (Wildman–Crippen MR) is 133 cm³/mol. The van der Waals surface area contributed by atoms with Gasteiger partial charge in [0.05, 0.1) is 16.6 Å². The highest BCUT2D eigenvalue weighted by atomic mass is 35.5. The average Bonchev–Trinajstić information content (AvgIpc) is 3.15. The summed E-state index contributed by atoms with van der Waals surface area (Å²) in [6.07, 6.45) is 0.724. The smallest absolute Gasteiger partial charge is 0.253 e. The molecule has 1 amide bonds. The van der Waals surface area contributed by atoms with Gasteiger partial charge in [-0.2, -0.15) is 0 Å². The van der Waals surface area contributed by atoms with Crippen LogP contribution in [-0.4, -0.2) is 20.7 Å². The zero-order valence-electron chi connectivity index (χ0n) is 18.1. The molecule has 1 heterocycles. The summed E-state index contributed by atoms with van der Waals surface area (Å²) >= 11 is 20.1. The van der Waals surface area contributed by atoms with Crippen LogP contribution in [0.2, 0.25) is 15.1 Å². The predicted octanol–water partition coefficient (Wildman–Crippen LogP) is 7.07. The number of hydrogen-bond acceptors (Lipinski definition) is 4. The Morgan fingerprint density at radius 3 is 2.50 bits per heavy atom. The number of nitrogens with one attached hydrogen (secondary N) is 1. The van der Waals surface area contributed by atoms with E-state index in [1.165, 1.54) is 0 Å². The molecule has 3 aromatic rings. The highest BCUT2D eigenvalue weighted by molar-refractivity contribution is 7.98. The second-order valence-corrected chi connectivity index (χ2v) is 9.94. The molecule has 170 valence electrons. The van der Waals surface area contributed by atoms with Crippen molar-refractivity contribution in [2.75, 3.05) is 0 Å². The largest absolute Gasteiger partial charge is 0.342 e. The fraction of sp³-hybridized carbons (Fsp3) is 0.348. The third-order valence-electron chi connectivity index (χ3n) is 4.88. The minimum absolute atomic E-state index is 0.228. The van der Waals surface area contributed by atoms with Gasteiger partial charge in [0.1, 0.15) is 0 Å². The fourth-order valence-corrected chi connectivity index (χ4v) is 5.11. The van der Waals surface area contributed by atoms with Crippen LogP contribution in [0.15, 0.2) is 47.6 Å². The molecule has 1 atom stereocenters. The number of aromatic nitrogens is 3. The molecule has 0 bridgehead atoms. The third kappa shape index (κ3) is 6.19. The van der Waals surface area contributed by atoms with E-state index in [9.17, 15) is 4.79 Å². The molecule has 0 aliphatic rings. The van der Waals surface area contributed by atoms with E-state index in [1.54, 1.807) is 42.1 Å². The van der Waals surface area contributed by atoms with Crippen molar-refractivity contribution in [3.63, 3.8) is 0 Å². The monoisotopic (exact) mass is 510 g/mol. The first-order valence-corrected chi connectivity index (χ1v) is 12.5. The first-order chi connectivity index (χ1) is 15.3. The van der Waals surface area contributed by atoms with Gasteiger partial charge in [0, 0.05) is 22.3 Å². The Morgan fingerprint density at radius 1 is 1.09 bits per heavy atom. The zero-order chi connectivity index (χ0) is 23.3. The van der Waals surface area contributed by atoms with Crippen LogP contribution in [0.5, 0.6) is 0 Å². The lowest BCUT2D eigenvalue weighted by Gasteiger charge is -2.21. The van der Waals surface area contributed by atoms with Crippen molar-refractivity contribution in [2.24, 2.45) is 5.92 Å². The summed E-state index contributed by atoms with van der Waals surface area (Å²) in [6.45, 7) is 6.93. The van der Waals surface area contributed by atoms with E-state index in [1.807, 2.05) is 23.6 Å². The molecule has 0 unspecified atom stereocenters. The zero-order valence-corrected chi connectivity index (χ0v) is 21.2. The fourth-order valence-electron chi connectivity index (χ4n) is 3.32. The lowest BCUT2D eigenvalue weighted by molar-refractivity contribution is 0.0929. The minimum Gasteiger partial charge on any atom is -0.342 e. The van der Waals surface area contributed by atoms with E-state index in [4.69, 9.17) is 34.8 Å². The number of benzene rings is 2. The average molecular weight is 512 g/mol. The van der Waals surface area contributed by atoms with Crippen LogP contribution in [0.3, 0.4) is 0 Å². The summed E-state index contributed by atoms with van der Waals surface area (Å²) in [5, 5.41) is 14.4. The Balaban J connectivity index is 1.83. The van der Waals surface area contributed by atoms with E-state index in [2.05, 4.69) is 29.4 Å². The number of carbonyl (C=O) groups excluding carboxylic acids is 1. The molecule has 0 saturated heterocycles. The molecule has 32 heavy (non-hydrogen) atoms. The van der Waals surface area contributed by atoms with E-state index in [0.717, 1.165) is 23.0 Å². The number of amides is 1. The van der Waals surface area contributed by atoms with Crippen LogP contribution >= 0.6 is 46.6 Å². The Labute approximate surface area is 207 Å². The molecule has 0 saturated carbocycles. The van der Waals surface area contributed by atoms with Crippen molar-refractivity contribution in [2.45, 2.75) is 50.7 Å². The maximum Gasteiger partial charge on any atom is 0.253 e. The maximum absolute atomic E-state index is 12.9. The molecule has 1 N–H and O–H groups in total. The molecule has 0 aliphatic heterocycles. The standard InChI is InChI=1S/C23H25Cl3N4OS/c1-4-30-21(28-29-23(30)32-13-15-9-10-16(24)12-19(15)26)20(11-14(2)3)27-22(31)17-7-5-6-8-18(17)25/h5-10,12,14,20H,4,11,13H2,1-3H3,(H,27,31)/t20-/m0/s1. The molecule has 9 heteroatoms. The van der Waals surface area contributed by atoms with Gasteiger partial charge < -0.3 is 9.88 Å². The second kappa shape index (κ2) is 11.4. The van der Waals surface area contributed by atoms with Crippen molar-refractivity contribution in [3.8, 4) is 0 Å². The molecule has 1 aromatic heterocycles. The SMILES string of the molecule is CCn1c(SCc2ccc(Cl)cc2Cl)nnc1[C@H](CC(C)C)NC(=O)c1ccccc1Cl. The van der Waals surface area contributed by atoms with E-state index in [0.29, 0.717) is 38.8 Å². The minimum atomic E-state index is -0.292. The van der Waals surface area contributed by atoms with Crippen molar-refractivity contribution < 1.29 is 4.79 Å². The van der Waals surface area contributed by atoms with Crippen molar-refractivity contribution in [1.82, 2.24) is 20.1 Å². The lowest BCUT2D eigenvalue weighted by atomic mass is 10.0. The highest BCUT2D eigenvalue weighted by Crippen LogP contribution is 2.30. The molecule has 0 spiro atoms. The molecular weight excluding hydrogens is 487 g/mol. The van der Waals surface area contributed by atoms with E-state index in [-0.39, 0.29) is 11.9 Å². The topological polar surface area (TPSA) is 59.8 Å². The van der Waals surface area contributed by atoms with E-state index >= 15 is 0 Å². The highest BCUT2D eigenvalue weighted by Gasteiger charge is 2.25. The Morgan fingerprint density at radius 2 is 1.84 bits per heavy atom. The van der Waals surface area contributed by atoms with Gasteiger partial charge in [-0.15, -0.1) is 10.2 Å². The van der Waals surface area contributed by atoms with Crippen LogP contribution in [0.25, 0.3) is 0 Å². The number of nitrogens with zero attached hydrogens (tertiary/aromatic N) is 3. The maximum atomic E-state index is 12.9. The third-order valence-corrected chi connectivity index (χ3v) is 6.81. The summed E-state index contributed by atoms with van der Waals surface area (Å²) in [4.78, 5) is 12.9. The normalized spacial score (nSPS) is 12.2. The van der Waals surface area contributed by atoms with Crippen LogP contribution in [0.4, 0.5) is 0 Å². The molecule has 0 aliphatic carbocycles. The van der Waals surface area contributed by atoms with Crippen molar-refractivity contribution in [3.05, 3.63) is 74.5 Å². The number of rotatable bonds is 9. The Bertz CT molecular complexity index is 1090. The van der Waals surface area contributed by atoms with Crippen LogP contribution in [-0.2, 0) is 12.3 Å². The Hall–Kier alpha value is -1.73. The number of thioether (sulfide) groups is 1. The summed E-state index contributed by atoms with van der Waals surface area (Å²) in [6, 6.07) is 12.2. The summed E-state index contributed by atoms with van der Waals surface area (Å²) in [5.41, 5.74) is 1.41. The number of halogens is 3. The van der Waals surface area contributed by atoms with Gasteiger partial charge in [-0.3, -0.25) is 4.79 Å². The van der Waals surface area contributed by atoms with Crippen LogP contribution < -0.4 is 5.32 Å². The van der Waals surface area contributed by atoms with Crippen LogP contribution in [0.1, 0.15) is 55.0 Å². The summed E-state index contributed by atoms with van der Waals surface area (Å²) in [7, 11) is 0. The quantitative estimate of drug-likeness (QED) is 0.312. The summed E-state index contributed by atoms with van der Waals surface area (Å²) < 4.78 is 2.04. The van der Waals surface area contributed by atoms with Gasteiger partial charge >= 0.3 is 0 Å². The lowest BCUT2D eigenvalue weighted by Crippen LogP contribution is -2.31. The van der Waals surface area contributed by atoms with Crippen LogP contribution in [0, 0.1) is 5.92 Å². The second-order valence-electron chi connectivity index (χ2n) is 7.74. The Kier molecular flexibility index (Phi) is 8.88. The molecule has 5 nitrogen and oxygen atoms in total. The first-order valence-electron chi connectivity index (χ1n) is 10.3. The number of hydrogen-bond donors (Lipinski definition) is 1. The van der Waals surface area contributed by atoms with Gasteiger partial charge in [-0.25, -0.2) is 0 Å². The molecule has 3 rings (SSSR count). The van der Waals surface area contributed by atoms with Crippen molar-refractivity contribution >= 4 is 52.5 Å². The van der Waals surface area contributed by atoms with E-state index < -0.39 is 0 Å². The first kappa shape index (κ1) is 24.9. The van der Waals surface area contributed by atoms with Gasteiger partial charge in [0.25, 0.3) is 5.91 Å². The molecule has 2 aromatic carbocycles. The van der Waals surface area contributed by atoms with Gasteiger partial charge in [-0.05, 0) is 49.1 Å². The molecular formula is C23H25Cl3N4OS. The summed E-state index contributed by atoms with van der Waals surface area (Å²) in [5.74, 6) is 1.48. The van der Waals surface area contributed by atoms with Gasteiger partial charge in [0.2, 0.25) is 0 Å². The van der Waals surface area contributed by atoms with Gasteiger partial charge in [0.15, 0.2) is 11.0 Å².